The maximum Gasteiger partial charge on any atom is 0.254 e. The average molecular weight is 481 g/mol. The predicted octanol–water partition coefficient (Wildman–Crippen LogP) is 5.49. The zero-order valence-corrected chi connectivity index (χ0v) is 19.4. The van der Waals surface area contributed by atoms with Crippen molar-refractivity contribution in [3.8, 4) is 17.1 Å². The van der Waals surface area contributed by atoms with Crippen LogP contribution in [0.5, 0.6) is 5.75 Å². The second-order valence-electron chi connectivity index (χ2n) is 8.38. The molecular weight excluding hydrogens is 459 g/mol. The van der Waals surface area contributed by atoms with Crippen LogP contribution < -0.4 is 4.74 Å². The number of aromatic nitrogens is 3. The first-order chi connectivity index (χ1) is 16.4. The zero-order chi connectivity index (χ0) is 23.8. The number of likely N-dealkylation sites (tertiary alicyclic amines) is 1. The topological polar surface area (TPSA) is 81.4 Å². The molecule has 1 aliphatic heterocycles. The van der Waals surface area contributed by atoms with Gasteiger partial charge < -0.3 is 14.1 Å². The molecular formula is C25H22ClFN4O3. The summed E-state index contributed by atoms with van der Waals surface area (Å²) in [7, 11) is 1.52. The van der Waals surface area contributed by atoms with Gasteiger partial charge in [-0.05, 0) is 56.2 Å². The third-order valence-corrected chi connectivity index (χ3v) is 6.41. The van der Waals surface area contributed by atoms with E-state index in [0.29, 0.717) is 45.7 Å². The number of oxazole rings is 1. The highest BCUT2D eigenvalue weighted by molar-refractivity contribution is 6.31. The predicted molar refractivity (Wildman–Crippen MR) is 125 cm³/mol. The monoisotopic (exact) mass is 480 g/mol. The standard InChI is InChI=1S/C25H22ClFN4O3/c1-14-3-4-15(24-30-21-9-16(26)5-8-22(21)34-24)13-31(14)25(32)20-10-17(27)6-7-19(20)23-28-11-18(33-2)12-29-23/h5-12,14-15H,3-4,13H2,1-2H3/t14-,15-/m1/s1. The largest absolute Gasteiger partial charge is 0.494 e. The molecule has 9 heteroatoms. The molecule has 0 aliphatic carbocycles. The van der Waals surface area contributed by atoms with E-state index in [1.807, 2.05) is 6.92 Å². The van der Waals surface area contributed by atoms with E-state index in [1.165, 1.54) is 37.7 Å². The summed E-state index contributed by atoms with van der Waals surface area (Å²) in [6.07, 6.45) is 4.61. The van der Waals surface area contributed by atoms with Gasteiger partial charge in [0.05, 0.1) is 31.0 Å². The van der Waals surface area contributed by atoms with Gasteiger partial charge in [0.25, 0.3) is 5.91 Å². The summed E-state index contributed by atoms with van der Waals surface area (Å²) in [6, 6.07) is 9.33. The molecule has 0 bridgehead atoms. The molecule has 2 aromatic carbocycles. The fourth-order valence-corrected chi connectivity index (χ4v) is 4.45. The minimum absolute atomic E-state index is 0.0320. The summed E-state index contributed by atoms with van der Waals surface area (Å²) < 4.78 is 25.3. The lowest BCUT2D eigenvalue weighted by Gasteiger charge is -2.37. The number of nitrogens with zero attached hydrogens (tertiary/aromatic N) is 4. The van der Waals surface area contributed by atoms with E-state index in [0.717, 1.165) is 12.8 Å². The Bertz CT molecular complexity index is 1360. The second kappa shape index (κ2) is 9.02. The van der Waals surface area contributed by atoms with Gasteiger partial charge in [-0.25, -0.2) is 19.3 Å². The van der Waals surface area contributed by atoms with Gasteiger partial charge in [-0.3, -0.25) is 4.79 Å². The summed E-state index contributed by atoms with van der Waals surface area (Å²) in [4.78, 5) is 28.6. The summed E-state index contributed by atoms with van der Waals surface area (Å²) >= 11 is 6.08. The van der Waals surface area contributed by atoms with Crippen LogP contribution in [0.15, 0.2) is 53.2 Å². The first-order valence-electron chi connectivity index (χ1n) is 11.0. The molecule has 2 atom stereocenters. The van der Waals surface area contributed by atoms with Gasteiger partial charge in [-0.1, -0.05) is 11.6 Å². The van der Waals surface area contributed by atoms with Gasteiger partial charge in [-0.15, -0.1) is 0 Å². The number of fused-ring (bicyclic) bond motifs is 1. The first kappa shape index (κ1) is 22.3. The number of ether oxygens (including phenoxy) is 1. The highest BCUT2D eigenvalue weighted by Crippen LogP contribution is 2.34. The first-order valence-corrected chi connectivity index (χ1v) is 11.3. The van der Waals surface area contributed by atoms with Crippen LogP contribution in [-0.2, 0) is 0 Å². The van der Waals surface area contributed by atoms with Crippen molar-refractivity contribution in [2.24, 2.45) is 0 Å². The Labute approximate surface area is 200 Å². The molecule has 4 aromatic rings. The van der Waals surface area contributed by atoms with Gasteiger partial charge in [0.2, 0.25) is 0 Å². The molecule has 1 amide bonds. The zero-order valence-electron chi connectivity index (χ0n) is 18.7. The third-order valence-electron chi connectivity index (χ3n) is 6.18. The Kier molecular flexibility index (Phi) is 5.91. The number of carbonyl (C=O) groups excluding carboxylic acids is 1. The molecule has 5 rings (SSSR count). The summed E-state index contributed by atoms with van der Waals surface area (Å²) in [6.45, 7) is 2.39. The second-order valence-corrected chi connectivity index (χ2v) is 8.82. The van der Waals surface area contributed by atoms with Crippen LogP contribution in [0.1, 0.15) is 41.9 Å². The molecule has 0 unspecified atom stereocenters. The minimum atomic E-state index is -0.502. The molecule has 3 heterocycles. The fourth-order valence-electron chi connectivity index (χ4n) is 4.29. The lowest BCUT2D eigenvalue weighted by Crippen LogP contribution is -2.45. The molecule has 1 aliphatic rings. The van der Waals surface area contributed by atoms with Gasteiger partial charge in [-0.2, -0.15) is 0 Å². The van der Waals surface area contributed by atoms with E-state index in [4.69, 9.17) is 20.8 Å². The van der Waals surface area contributed by atoms with Gasteiger partial charge in [0, 0.05) is 23.2 Å². The van der Waals surface area contributed by atoms with Crippen molar-refractivity contribution < 1.29 is 18.3 Å². The number of rotatable bonds is 4. The summed E-state index contributed by atoms with van der Waals surface area (Å²) in [5.74, 6) is 0.510. The summed E-state index contributed by atoms with van der Waals surface area (Å²) in [5.41, 5.74) is 2.00. The Hall–Kier alpha value is -3.52. The Balaban J connectivity index is 1.46. The molecule has 7 nitrogen and oxygen atoms in total. The molecule has 1 saturated heterocycles. The quantitative estimate of drug-likeness (QED) is 0.384. The number of piperidine rings is 1. The highest BCUT2D eigenvalue weighted by atomic mass is 35.5. The number of amides is 1. The minimum Gasteiger partial charge on any atom is -0.494 e. The maximum atomic E-state index is 14.2. The highest BCUT2D eigenvalue weighted by Gasteiger charge is 2.34. The molecule has 2 aromatic heterocycles. The van der Waals surface area contributed by atoms with Crippen molar-refractivity contribution in [3.05, 3.63) is 71.1 Å². The van der Waals surface area contributed by atoms with Crippen molar-refractivity contribution in [2.75, 3.05) is 13.7 Å². The van der Waals surface area contributed by atoms with Crippen LogP contribution >= 0.6 is 11.6 Å². The van der Waals surface area contributed by atoms with Gasteiger partial charge in [0.15, 0.2) is 23.0 Å². The van der Waals surface area contributed by atoms with Crippen molar-refractivity contribution in [2.45, 2.75) is 31.7 Å². The van der Waals surface area contributed by atoms with E-state index in [9.17, 15) is 9.18 Å². The van der Waals surface area contributed by atoms with Crippen molar-refractivity contribution >= 4 is 28.6 Å². The maximum absolute atomic E-state index is 14.2. The number of halogens is 2. The van der Waals surface area contributed by atoms with E-state index in [1.54, 1.807) is 23.1 Å². The van der Waals surface area contributed by atoms with Crippen LogP contribution in [0.3, 0.4) is 0 Å². The third kappa shape index (κ3) is 4.21. The Morgan fingerprint density at radius 3 is 2.74 bits per heavy atom. The van der Waals surface area contributed by atoms with Crippen LogP contribution in [0.2, 0.25) is 5.02 Å². The molecule has 0 N–H and O–H groups in total. The lowest BCUT2D eigenvalue weighted by atomic mass is 9.92. The number of carbonyl (C=O) groups is 1. The number of benzene rings is 2. The molecule has 0 saturated carbocycles. The smallest absolute Gasteiger partial charge is 0.254 e. The molecule has 0 radical (unpaired) electrons. The summed E-state index contributed by atoms with van der Waals surface area (Å²) in [5, 5.41) is 0.584. The molecule has 34 heavy (non-hydrogen) atoms. The molecule has 174 valence electrons. The number of hydrogen-bond donors (Lipinski definition) is 0. The fraction of sp³-hybridized carbons (Fsp3) is 0.280. The van der Waals surface area contributed by atoms with E-state index < -0.39 is 5.82 Å². The van der Waals surface area contributed by atoms with Crippen LogP contribution in [0.4, 0.5) is 4.39 Å². The van der Waals surface area contributed by atoms with Crippen molar-refractivity contribution in [3.63, 3.8) is 0 Å². The normalized spacial score (nSPS) is 18.3. The molecule has 1 fully saturated rings. The van der Waals surface area contributed by atoms with E-state index in [2.05, 4.69) is 15.0 Å². The molecule has 0 spiro atoms. The van der Waals surface area contributed by atoms with Gasteiger partial charge >= 0.3 is 0 Å². The van der Waals surface area contributed by atoms with Crippen molar-refractivity contribution in [1.82, 2.24) is 19.9 Å². The van der Waals surface area contributed by atoms with Crippen molar-refractivity contribution in [1.29, 1.82) is 0 Å². The van der Waals surface area contributed by atoms with E-state index in [-0.39, 0.29) is 23.4 Å². The average Bonchev–Trinajstić information content (AvgIpc) is 3.27. The van der Waals surface area contributed by atoms with Crippen LogP contribution in [0.25, 0.3) is 22.5 Å². The lowest BCUT2D eigenvalue weighted by molar-refractivity contribution is 0.0598. The number of methoxy groups -OCH3 is 1. The SMILES string of the molecule is COc1cnc(-c2ccc(F)cc2C(=O)N2C[C@H](c3nc4cc(Cl)ccc4o3)CC[C@H]2C)nc1. The van der Waals surface area contributed by atoms with Crippen LogP contribution in [-0.4, -0.2) is 45.5 Å². The Morgan fingerprint density at radius 2 is 1.97 bits per heavy atom. The Morgan fingerprint density at radius 1 is 1.18 bits per heavy atom. The number of hydrogen-bond acceptors (Lipinski definition) is 6. The van der Waals surface area contributed by atoms with E-state index >= 15 is 0 Å². The van der Waals surface area contributed by atoms with Crippen LogP contribution in [0, 0.1) is 5.82 Å². The van der Waals surface area contributed by atoms with Gasteiger partial charge in [0.1, 0.15) is 11.3 Å².